The van der Waals surface area contributed by atoms with Gasteiger partial charge in [-0.15, -0.1) is 0 Å². The summed E-state index contributed by atoms with van der Waals surface area (Å²) in [4.78, 5) is 111. The van der Waals surface area contributed by atoms with Crippen molar-refractivity contribution in [2.24, 2.45) is 23.7 Å². The second kappa shape index (κ2) is 48.9. The molecule has 0 aromatic heterocycles. The third-order valence-electron chi connectivity index (χ3n) is 15.8. The van der Waals surface area contributed by atoms with Gasteiger partial charge in [0.15, 0.2) is 17.8 Å². The van der Waals surface area contributed by atoms with Crippen LogP contribution >= 0.6 is 0 Å². The summed E-state index contributed by atoms with van der Waals surface area (Å²) in [7, 11) is 0. The minimum absolute atomic E-state index is 0.0221. The number of hydrogen-bond acceptors (Lipinski definition) is 16. The first-order valence-corrected chi connectivity index (χ1v) is 33.2. The van der Waals surface area contributed by atoms with Crippen molar-refractivity contribution in [3.63, 3.8) is 0 Å². The second-order valence-electron chi connectivity index (χ2n) is 23.9. The molecule has 83 heavy (non-hydrogen) atoms. The highest BCUT2D eigenvalue weighted by Gasteiger charge is 2.42. The van der Waals surface area contributed by atoms with Crippen molar-refractivity contribution in [2.75, 3.05) is 52.6 Å². The minimum atomic E-state index is -1.80. The smallest absolute Gasteiger partial charge is 0.308 e. The fourth-order valence-electron chi connectivity index (χ4n) is 10.1. The molecule has 1 aliphatic heterocycles. The fraction of sp³-hybridized carbons (Fsp3) is 0.879. The Morgan fingerprint density at radius 1 is 0.410 bits per heavy atom. The van der Waals surface area contributed by atoms with Gasteiger partial charge in [0.05, 0.1) is 23.7 Å². The number of esters is 7. The Morgan fingerprint density at radius 3 is 1.08 bits per heavy atom. The van der Waals surface area contributed by atoms with Gasteiger partial charge in [-0.3, -0.25) is 38.4 Å². The van der Waals surface area contributed by atoms with Crippen LogP contribution in [0.1, 0.15) is 281 Å². The number of nitrogens with zero attached hydrogens (tertiary/aromatic N) is 1. The highest BCUT2D eigenvalue weighted by atomic mass is 16.6. The molecular weight excluding hydrogens is 1060 g/mol. The van der Waals surface area contributed by atoms with Crippen LogP contribution in [0.4, 0.5) is 0 Å². The van der Waals surface area contributed by atoms with Crippen LogP contribution in [0.5, 0.6) is 0 Å². The van der Waals surface area contributed by atoms with Crippen LogP contribution in [-0.2, 0) is 71.5 Å². The first-order valence-electron chi connectivity index (χ1n) is 33.2. The molecule has 0 aliphatic carbocycles. The van der Waals surface area contributed by atoms with E-state index in [1.807, 2.05) is 6.92 Å². The number of carbonyl (C=O) groups is 8. The van der Waals surface area contributed by atoms with Crippen LogP contribution in [0.2, 0.25) is 0 Å². The Balaban J connectivity index is 3.44. The number of likely N-dealkylation sites (tertiary alicyclic amines) is 1. The fourth-order valence-corrected chi connectivity index (χ4v) is 10.1. The molecule has 4 atom stereocenters. The van der Waals surface area contributed by atoms with Gasteiger partial charge >= 0.3 is 41.8 Å². The molecule has 17 heteroatoms. The lowest BCUT2D eigenvalue weighted by molar-refractivity contribution is -0.173. The molecule has 1 amide bonds. The Morgan fingerprint density at radius 2 is 0.747 bits per heavy atom. The van der Waals surface area contributed by atoms with Gasteiger partial charge in [-0.25, -0.2) is 0 Å². The van der Waals surface area contributed by atoms with E-state index in [0.717, 1.165) is 135 Å². The normalized spacial score (nSPS) is 15.7. The third kappa shape index (κ3) is 37.7. The molecule has 482 valence electrons. The standard InChI is InChI=1S/C66H118N2O15/c1-10-15-20-26-35-52(6)61(72)77-48-56(49-78-62(73)53(7)36-27-21-16-11-2)81-58(69)39-32-42-66(65(76)67-44-19-14-5,83-60(71)41-34-47-68-45-30-24-25-31-46-68)43-33-40-59(70)82-57(50-79-63(74)54(8)37-28-22-17-12-3)51-80-64(75)55(9)38-29-23-18-13-4/h52-57H,10-51H2,1-9H3,(H,67,76). The summed E-state index contributed by atoms with van der Waals surface area (Å²) in [6.07, 6.45) is 22.4. The Bertz CT molecular complexity index is 1610. The molecule has 0 radical (unpaired) electrons. The van der Waals surface area contributed by atoms with Gasteiger partial charge in [0.25, 0.3) is 5.91 Å². The van der Waals surface area contributed by atoms with Gasteiger partial charge in [0.1, 0.15) is 26.4 Å². The van der Waals surface area contributed by atoms with Gasteiger partial charge in [-0.2, -0.15) is 0 Å². The lowest BCUT2D eigenvalue weighted by Gasteiger charge is -2.33. The predicted octanol–water partition coefficient (Wildman–Crippen LogP) is 13.6. The molecular formula is C66H118N2O15. The summed E-state index contributed by atoms with van der Waals surface area (Å²) >= 11 is 0. The van der Waals surface area contributed by atoms with Gasteiger partial charge in [0, 0.05) is 25.8 Å². The van der Waals surface area contributed by atoms with Crippen LogP contribution in [0.3, 0.4) is 0 Å². The van der Waals surface area contributed by atoms with Gasteiger partial charge < -0.3 is 43.4 Å². The number of hydrogen-bond donors (Lipinski definition) is 1. The molecule has 17 nitrogen and oxygen atoms in total. The van der Waals surface area contributed by atoms with E-state index in [4.69, 9.17) is 33.2 Å². The van der Waals surface area contributed by atoms with Crippen molar-refractivity contribution in [1.29, 1.82) is 0 Å². The highest BCUT2D eigenvalue weighted by Crippen LogP contribution is 2.29. The monoisotopic (exact) mass is 1180 g/mol. The lowest BCUT2D eigenvalue weighted by atomic mass is 9.89. The number of unbranched alkanes of at least 4 members (excludes halogenated alkanes) is 13. The van der Waals surface area contributed by atoms with E-state index in [1.54, 1.807) is 27.7 Å². The van der Waals surface area contributed by atoms with E-state index in [2.05, 4.69) is 37.9 Å². The molecule has 0 spiro atoms. The summed E-state index contributed by atoms with van der Waals surface area (Å²) in [6, 6.07) is 0. The summed E-state index contributed by atoms with van der Waals surface area (Å²) in [5.41, 5.74) is -1.80. The topological polar surface area (TPSA) is 216 Å². The molecule has 0 aromatic carbocycles. The summed E-state index contributed by atoms with van der Waals surface area (Å²) in [5.74, 6) is -5.78. The summed E-state index contributed by atoms with van der Waals surface area (Å²) in [6.45, 7) is 19.3. The molecule has 1 rings (SSSR count). The molecule has 1 fully saturated rings. The first kappa shape index (κ1) is 76.7. The number of amides is 1. The van der Waals surface area contributed by atoms with E-state index in [9.17, 15) is 38.4 Å². The second-order valence-corrected chi connectivity index (χ2v) is 23.9. The van der Waals surface area contributed by atoms with E-state index >= 15 is 0 Å². The van der Waals surface area contributed by atoms with Gasteiger partial charge in [0.2, 0.25) is 0 Å². The number of ether oxygens (including phenoxy) is 7. The molecule has 1 saturated heterocycles. The third-order valence-corrected chi connectivity index (χ3v) is 15.8. The van der Waals surface area contributed by atoms with Gasteiger partial charge in [-0.1, -0.05) is 184 Å². The van der Waals surface area contributed by atoms with Crippen LogP contribution in [-0.4, -0.2) is 123 Å². The SMILES string of the molecule is CCCCCCC(C)C(=O)OCC(COC(=O)C(C)CCCCCC)OC(=O)CCCC(CCCC(=O)OC(COC(=O)C(C)CCCCCC)COC(=O)C(C)CCCCCC)(OC(=O)CCCN1CCCCCC1)C(=O)NCCCC. The quantitative estimate of drug-likeness (QED) is 0.0340. The molecule has 1 N–H and O–H groups in total. The zero-order valence-electron chi connectivity index (χ0n) is 53.7. The first-order chi connectivity index (χ1) is 39.9. The molecule has 1 aliphatic rings. The maximum absolute atomic E-state index is 14.5. The van der Waals surface area contributed by atoms with Crippen molar-refractivity contribution in [1.82, 2.24) is 10.2 Å². The lowest BCUT2D eigenvalue weighted by Crippen LogP contribution is -2.50. The van der Waals surface area contributed by atoms with Gasteiger partial charge in [-0.05, 0) is 96.7 Å². The molecule has 0 saturated carbocycles. The molecule has 0 bridgehead atoms. The zero-order chi connectivity index (χ0) is 61.5. The van der Waals surface area contributed by atoms with E-state index < -0.39 is 65.5 Å². The van der Waals surface area contributed by atoms with Crippen LogP contribution in [0.15, 0.2) is 0 Å². The highest BCUT2D eigenvalue weighted by molar-refractivity contribution is 5.88. The van der Waals surface area contributed by atoms with E-state index in [1.165, 1.54) is 12.8 Å². The molecule has 4 unspecified atom stereocenters. The van der Waals surface area contributed by atoms with Crippen LogP contribution < -0.4 is 5.32 Å². The minimum Gasteiger partial charge on any atom is -0.461 e. The molecule has 1 heterocycles. The Labute approximate surface area is 502 Å². The number of rotatable bonds is 51. The van der Waals surface area contributed by atoms with Crippen molar-refractivity contribution in [3.8, 4) is 0 Å². The average molecular weight is 1180 g/mol. The predicted molar refractivity (Wildman–Crippen MR) is 324 cm³/mol. The van der Waals surface area contributed by atoms with E-state index in [-0.39, 0.29) is 95.0 Å². The maximum atomic E-state index is 14.5. The van der Waals surface area contributed by atoms with E-state index in [0.29, 0.717) is 51.6 Å². The van der Waals surface area contributed by atoms with Crippen LogP contribution in [0, 0.1) is 23.7 Å². The molecule has 0 aromatic rings. The van der Waals surface area contributed by atoms with Crippen LogP contribution in [0.25, 0.3) is 0 Å². The van der Waals surface area contributed by atoms with Crippen molar-refractivity contribution in [2.45, 2.75) is 298 Å². The summed E-state index contributed by atoms with van der Waals surface area (Å²) in [5, 5.41) is 2.96. The average Bonchev–Trinajstić information content (AvgIpc) is 3.75. The van der Waals surface area contributed by atoms with Crippen molar-refractivity contribution in [3.05, 3.63) is 0 Å². The van der Waals surface area contributed by atoms with Crippen molar-refractivity contribution >= 4 is 47.7 Å². The Kier molecular flexibility index (Phi) is 45.2. The zero-order valence-corrected chi connectivity index (χ0v) is 53.7. The Hall–Kier alpha value is -4.28. The van der Waals surface area contributed by atoms with Crippen molar-refractivity contribution < 1.29 is 71.5 Å². The largest absolute Gasteiger partial charge is 0.461 e. The number of carbonyl (C=O) groups excluding carboxylic acids is 8. The number of nitrogens with one attached hydrogen (secondary N) is 1. The maximum Gasteiger partial charge on any atom is 0.308 e. The summed E-state index contributed by atoms with van der Waals surface area (Å²) < 4.78 is 40.6.